The van der Waals surface area contributed by atoms with Crippen LogP contribution in [0.5, 0.6) is 5.75 Å². The summed E-state index contributed by atoms with van der Waals surface area (Å²) in [5, 5.41) is 5.77. The van der Waals surface area contributed by atoms with Gasteiger partial charge in [-0.2, -0.15) is 4.98 Å². The molecule has 0 radical (unpaired) electrons. The van der Waals surface area contributed by atoms with Crippen molar-refractivity contribution in [3.8, 4) is 16.5 Å². The Labute approximate surface area is 169 Å². The van der Waals surface area contributed by atoms with Crippen molar-refractivity contribution < 1.29 is 33.1 Å². The number of benzene rings is 1. The molecular formula is C19H16N2O7S. The number of aromatic nitrogens is 2. The van der Waals surface area contributed by atoms with Gasteiger partial charge in [-0.25, -0.2) is 9.59 Å². The Hall–Kier alpha value is -3.53. The van der Waals surface area contributed by atoms with E-state index < -0.39 is 17.9 Å². The average molecular weight is 416 g/mol. The molecule has 9 nitrogen and oxygen atoms in total. The molecule has 2 aromatic heterocycles. The molecule has 2 heterocycles. The predicted molar refractivity (Wildman–Crippen MR) is 101 cm³/mol. The van der Waals surface area contributed by atoms with Gasteiger partial charge in [0.05, 0.1) is 36.6 Å². The lowest BCUT2D eigenvalue weighted by Gasteiger charge is -2.08. The van der Waals surface area contributed by atoms with Gasteiger partial charge in [-0.1, -0.05) is 11.2 Å². The molecule has 0 atom stereocenters. The van der Waals surface area contributed by atoms with Gasteiger partial charge in [-0.15, -0.1) is 11.3 Å². The fourth-order valence-corrected chi connectivity index (χ4v) is 3.03. The van der Waals surface area contributed by atoms with Gasteiger partial charge < -0.3 is 18.7 Å². The van der Waals surface area contributed by atoms with Crippen LogP contribution in [0.15, 0.2) is 40.2 Å². The molecule has 0 saturated carbocycles. The van der Waals surface area contributed by atoms with Crippen LogP contribution in [-0.4, -0.2) is 42.3 Å². The summed E-state index contributed by atoms with van der Waals surface area (Å²) in [4.78, 5) is 40.8. The number of hydrogen-bond donors (Lipinski definition) is 0. The van der Waals surface area contributed by atoms with Crippen molar-refractivity contribution in [2.75, 3.05) is 14.2 Å². The van der Waals surface area contributed by atoms with Crippen molar-refractivity contribution in [3.05, 3.63) is 52.7 Å². The molecule has 10 heteroatoms. The van der Waals surface area contributed by atoms with Crippen LogP contribution in [0, 0.1) is 0 Å². The van der Waals surface area contributed by atoms with Gasteiger partial charge in [0.1, 0.15) is 5.75 Å². The molecule has 150 valence electrons. The van der Waals surface area contributed by atoms with Gasteiger partial charge in [0, 0.05) is 6.42 Å². The zero-order valence-electron chi connectivity index (χ0n) is 15.5. The lowest BCUT2D eigenvalue weighted by molar-refractivity contribution is -0.134. The van der Waals surface area contributed by atoms with E-state index in [1.807, 2.05) is 17.5 Å². The van der Waals surface area contributed by atoms with Crippen molar-refractivity contribution in [2.45, 2.75) is 12.8 Å². The summed E-state index contributed by atoms with van der Waals surface area (Å²) >= 11 is 1.47. The van der Waals surface area contributed by atoms with Gasteiger partial charge in [0.2, 0.25) is 11.7 Å². The van der Waals surface area contributed by atoms with Crippen LogP contribution < -0.4 is 4.74 Å². The van der Waals surface area contributed by atoms with Crippen molar-refractivity contribution >= 4 is 29.2 Å². The lowest BCUT2D eigenvalue weighted by Crippen LogP contribution is -2.12. The van der Waals surface area contributed by atoms with Gasteiger partial charge in [0.15, 0.2) is 0 Å². The minimum absolute atomic E-state index is 0.0168. The molecule has 1 aromatic carbocycles. The van der Waals surface area contributed by atoms with Crippen molar-refractivity contribution in [2.24, 2.45) is 0 Å². The first kappa shape index (κ1) is 20.2. The highest BCUT2D eigenvalue weighted by Crippen LogP contribution is 2.22. The summed E-state index contributed by atoms with van der Waals surface area (Å²) in [5.74, 6) is -1.19. The first-order valence-electron chi connectivity index (χ1n) is 8.39. The zero-order chi connectivity index (χ0) is 20.8. The number of rotatable bonds is 7. The second-order valence-electron chi connectivity index (χ2n) is 5.69. The molecule has 0 spiro atoms. The Bertz CT molecular complexity index is 993. The maximum absolute atomic E-state index is 12.2. The third kappa shape index (κ3) is 5.05. The van der Waals surface area contributed by atoms with E-state index in [2.05, 4.69) is 19.6 Å². The van der Waals surface area contributed by atoms with Crippen LogP contribution in [0.25, 0.3) is 10.7 Å². The molecule has 0 unspecified atom stereocenters. The highest BCUT2D eigenvalue weighted by atomic mass is 32.1. The summed E-state index contributed by atoms with van der Waals surface area (Å²) in [6, 6.07) is 7.63. The Morgan fingerprint density at radius 3 is 2.34 bits per heavy atom. The number of carbonyl (C=O) groups excluding carboxylic acids is 3. The third-order valence-electron chi connectivity index (χ3n) is 3.73. The van der Waals surface area contributed by atoms with E-state index in [9.17, 15) is 14.4 Å². The van der Waals surface area contributed by atoms with Crippen molar-refractivity contribution in [1.29, 1.82) is 0 Å². The third-order valence-corrected chi connectivity index (χ3v) is 4.60. The molecule has 0 fully saturated rings. The first-order chi connectivity index (χ1) is 14.0. The molecule has 3 rings (SSSR count). The summed E-state index contributed by atoms with van der Waals surface area (Å²) in [7, 11) is 2.40. The van der Waals surface area contributed by atoms with Crippen LogP contribution in [0.4, 0.5) is 0 Å². The molecule has 0 bridgehead atoms. The standard InChI is InChI=1S/C19H16N2O7S/c1-25-18(23)11-8-12(19(24)26-2)10-13(9-11)27-16(22)6-5-15-20-17(21-28-15)14-4-3-7-29-14/h3-4,7-10H,5-6H2,1-2H3. The normalized spacial score (nSPS) is 10.4. The van der Waals surface area contributed by atoms with Crippen LogP contribution >= 0.6 is 11.3 Å². The minimum Gasteiger partial charge on any atom is -0.465 e. The number of esters is 3. The van der Waals surface area contributed by atoms with Crippen LogP contribution in [-0.2, 0) is 20.7 Å². The van der Waals surface area contributed by atoms with E-state index in [4.69, 9.17) is 9.26 Å². The molecule has 29 heavy (non-hydrogen) atoms. The van der Waals surface area contributed by atoms with Crippen LogP contribution in [0.3, 0.4) is 0 Å². The van der Waals surface area contributed by atoms with Crippen molar-refractivity contribution in [1.82, 2.24) is 10.1 Å². The summed E-state index contributed by atoms with van der Waals surface area (Å²) in [6.07, 6.45) is 0.139. The number of methoxy groups -OCH3 is 2. The number of aryl methyl sites for hydroxylation is 1. The first-order valence-corrected chi connectivity index (χ1v) is 9.27. The monoisotopic (exact) mass is 416 g/mol. The average Bonchev–Trinajstić information content (AvgIpc) is 3.42. The van der Waals surface area contributed by atoms with E-state index in [1.165, 1.54) is 43.8 Å². The lowest BCUT2D eigenvalue weighted by atomic mass is 10.1. The zero-order valence-corrected chi connectivity index (χ0v) is 16.4. The van der Waals surface area contributed by atoms with E-state index in [-0.39, 0.29) is 29.7 Å². The molecule has 0 amide bonds. The van der Waals surface area contributed by atoms with Crippen LogP contribution in [0.1, 0.15) is 33.0 Å². The molecule has 0 N–H and O–H groups in total. The maximum atomic E-state index is 12.2. The summed E-state index contributed by atoms with van der Waals surface area (Å²) in [5.41, 5.74) is 0.103. The smallest absolute Gasteiger partial charge is 0.338 e. The number of thiophene rings is 1. The predicted octanol–water partition coefficient (Wildman–Crippen LogP) is 2.91. The van der Waals surface area contributed by atoms with E-state index in [0.29, 0.717) is 11.7 Å². The van der Waals surface area contributed by atoms with Gasteiger partial charge in [0.25, 0.3) is 0 Å². The SMILES string of the molecule is COC(=O)c1cc(OC(=O)CCc2nc(-c3cccs3)no2)cc(C(=O)OC)c1. The minimum atomic E-state index is -0.681. The topological polar surface area (TPSA) is 118 Å². The fourth-order valence-electron chi connectivity index (χ4n) is 2.38. The van der Waals surface area contributed by atoms with Gasteiger partial charge in [-0.3, -0.25) is 4.79 Å². The molecule has 3 aromatic rings. The number of carbonyl (C=O) groups is 3. The molecular weight excluding hydrogens is 400 g/mol. The fraction of sp³-hybridized carbons (Fsp3) is 0.211. The van der Waals surface area contributed by atoms with Crippen molar-refractivity contribution in [3.63, 3.8) is 0 Å². The van der Waals surface area contributed by atoms with Gasteiger partial charge >= 0.3 is 17.9 Å². The van der Waals surface area contributed by atoms with E-state index in [1.54, 1.807) is 0 Å². The number of ether oxygens (including phenoxy) is 3. The molecule has 0 aliphatic heterocycles. The Morgan fingerprint density at radius 2 is 1.76 bits per heavy atom. The number of hydrogen-bond acceptors (Lipinski definition) is 10. The van der Waals surface area contributed by atoms with Crippen LogP contribution in [0.2, 0.25) is 0 Å². The van der Waals surface area contributed by atoms with E-state index >= 15 is 0 Å². The summed E-state index contributed by atoms with van der Waals surface area (Å²) < 4.78 is 19.7. The Morgan fingerprint density at radius 1 is 1.07 bits per heavy atom. The van der Waals surface area contributed by atoms with E-state index in [0.717, 1.165) is 4.88 Å². The number of nitrogens with zero attached hydrogens (tertiary/aromatic N) is 2. The Balaban J connectivity index is 1.66. The molecule has 0 saturated heterocycles. The summed E-state index contributed by atoms with van der Waals surface area (Å²) in [6.45, 7) is 0. The second kappa shape index (κ2) is 9.11. The van der Waals surface area contributed by atoms with Gasteiger partial charge in [-0.05, 0) is 29.6 Å². The highest BCUT2D eigenvalue weighted by molar-refractivity contribution is 7.13. The molecule has 0 aliphatic carbocycles. The second-order valence-corrected chi connectivity index (χ2v) is 6.64. The largest absolute Gasteiger partial charge is 0.465 e. The molecule has 0 aliphatic rings. The quantitative estimate of drug-likeness (QED) is 0.423. The Kier molecular flexibility index (Phi) is 6.35. The maximum Gasteiger partial charge on any atom is 0.338 e. The highest BCUT2D eigenvalue weighted by Gasteiger charge is 2.17.